The summed E-state index contributed by atoms with van der Waals surface area (Å²) in [6.07, 6.45) is -2.41. The van der Waals surface area contributed by atoms with Gasteiger partial charge in [-0.2, -0.15) is 13.2 Å². The van der Waals surface area contributed by atoms with Gasteiger partial charge in [0.25, 0.3) is 0 Å². The summed E-state index contributed by atoms with van der Waals surface area (Å²) in [7, 11) is 1.52. The van der Waals surface area contributed by atoms with E-state index in [0.29, 0.717) is 22.8 Å². The molecule has 0 saturated heterocycles. The van der Waals surface area contributed by atoms with Gasteiger partial charge in [0.15, 0.2) is 0 Å². The minimum Gasteiger partial charge on any atom is -0.480 e. The highest BCUT2D eigenvalue weighted by molar-refractivity contribution is 5.81. The van der Waals surface area contributed by atoms with Gasteiger partial charge in [-0.25, -0.2) is 4.98 Å². The predicted octanol–water partition coefficient (Wildman–Crippen LogP) is 4.92. The Hall–Kier alpha value is -3.75. The van der Waals surface area contributed by atoms with Crippen molar-refractivity contribution in [3.05, 3.63) is 66.5 Å². The van der Waals surface area contributed by atoms with E-state index in [-0.39, 0.29) is 6.42 Å². The molecule has 0 unspecified atom stereocenters. The van der Waals surface area contributed by atoms with Crippen LogP contribution >= 0.6 is 0 Å². The Kier molecular flexibility index (Phi) is 5.89. The minimum absolute atomic E-state index is 0.0407. The molecule has 0 spiro atoms. The van der Waals surface area contributed by atoms with E-state index in [1.807, 2.05) is 28.8 Å². The van der Waals surface area contributed by atoms with Crippen molar-refractivity contribution in [1.82, 2.24) is 19.6 Å². The Morgan fingerprint density at radius 2 is 1.91 bits per heavy atom. The number of hydrogen-bond donors (Lipinski definition) is 0. The molecule has 164 valence electrons. The fourth-order valence-electron chi connectivity index (χ4n) is 3.37. The molecule has 6 nitrogen and oxygen atoms in total. The molecule has 9 heteroatoms. The number of pyridine rings is 1. The summed E-state index contributed by atoms with van der Waals surface area (Å²) in [4.78, 5) is 16.4. The average Bonchev–Trinajstić information content (AvgIpc) is 3.21. The first-order valence-corrected chi connectivity index (χ1v) is 9.85. The summed E-state index contributed by atoms with van der Waals surface area (Å²) in [6.45, 7) is 0. The van der Waals surface area contributed by atoms with Crippen molar-refractivity contribution in [2.45, 2.75) is 25.4 Å². The fourth-order valence-corrected chi connectivity index (χ4v) is 3.37. The molecule has 4 rings (SSSR count). The summed E-state index contributed by atoms with van der Waals surface area (Å²) in [5.74, 6) is -0.0162. The number of hydrogen-bond acceptors (Lipinski definition) is 5. The summed E-state index contributed by atoms with van der Waals surface area (Å²) in [5.41, 5.74) is 4.50. The second kappa shape index (κ2) is 8.78. The first-order valence-electron chi connectivity index (χ1n) is 9.85. The molecule has 0 aliphatic heterocycles. The lowest BCUT2D eigenvalue weighted by Crippen LogP contribution is -2.12. The summed E-state index contributed by atoms with van der Waals surface area (Å²) < 4.78 is 44.0. The van der Waals surface area contributed by atoms with Crippen LogP contribution in [0.5, 0.6) is 5.88 Å². The molecule has 0 aliphatic rings. The molecule has 0 atom stereocenters. The van der Waals surface area contributed by atoms with Crippen LogP contribution in [-0.4, -0.2) is 38.7 Å². The van der Waals surface area contributed by atoms with Crippen molar-refractivity contribution in [2.75, 3.05) is 7.11 Å². The number of aromatic nitrogens is 4. The van der Waals surface area contributed by atoms with Gasteiger partial charge in [0.1, 0.15) is 11.4 Å². The molecule has 0 fully saturated rings. The number of halogens is 3. The molecular formula is C23H19F3N4O2. The highest BCUT2D eigenvalue weighted by Gasteiger charge is 2.27. The topological polar surface area (TPSA) is 69.4 Å². The van der Waals surface area contributed by atoms with Crippen molar-refractivity contribution >= 4 is 11.4 Å². The number of alkyl halides is 3. The Morgan fingerprint density at radius 1 is 1.06 bits per heavy atom. The molecule has 32 heavy (non-hydrogen) atoms. The van der Waals surface area contributed by atoms with E-state index < -0.39 is 24.8 Å². The molecule has 0 N–H and O–H groups in total. The van der Waals surface area contributed by atoms with Gasteiger partial charge >= 0.3 is 6.18 Å². The quantitative estimate of drug-likeness (QED) is 0.408. The molecule has 0 bridgehead atoms. The number of Topliss-reactive ketones (excluding diaryl/α,β-unsaturated/α-hetero) is 1. The Morgan fingerprint density at radius 3 is 2.62 bits per heavy atom. The number of benzene rings is 1. The van der Waals surface area contributed by atoms with Crippen molar-refractivity contribution in [2.24, 2.45) is 0 Å². The Bertz CT molecular complexity index is 1250. The average molecular weight is 440 g/mol. The third-order valence-corrected chi connectivity index (χ3v) is 4.97. The summed E-state index contributed by atoms with van der Waals surface area (Å²) in [5, 5.41) is 8.12. The van der Waals surface area contributed by atoms with Gasteiger partial charge in [-0.05, 0) is 29.8 Å². The lowest BCUT2D eigenvalue weighted by atomic mass is 10.0. The lowest BCUT2D eigenvalue weighted by Gasteiger charge is -2.08. The van der Waals surface area contributed by atoms with Gasteiger partial charge in [-0.15, -0.1) is 10.2 Å². The Labute approximate surface area is 181 Å². The fraction of sp³-hybridized carbons (Fsp3) is 0.217. The second-order valence-electron chi connectivity index (χ2n) is 7.28. The highest BCUT2D eigenvalue weighted by Crippen LogP contribution is 2.26. The molecule has 0 amide bonds. The van der Waals surface area contributed by atoms with Gasteiger partial charge in [-0.1, -0.05) is 18.2 Å². The van der Waals surface area contributed by atoms with E-state index in [1.165, 1.54) is 7.11 Å². The first kappa shape index (κ1) is 21.5. The van der Waals surface area contributed by atoms with Crippen LogP contribution in [0.3, 0.4) is 0 Å². The van der Waals surface area contributed by atoms with Crippen LogP contribution in [0.2, 0.25) is 0 Å². The molecule has 3 aromatic heterocycles. The third kappa shape index (κ3) is 4.93. The zero-order chi connectivity index (χ0) is 22.7. The van der Waals surface area contributed by atoms with E-state index in [0.717, 1.165) is 16.8 Å². The van der Waals surface area contributed by atoms with Crippen LogP contribution in [0.1, 0.15) is 18.4 Å². The van der Waals surface area contributed by atoms with Crippen LogP contribution in [0, 0.1) is 0 Å². The monoisotopic (exact) mass is 440 g/mol. The zero-order valence-corrected chi connectivity index (χ0v) is 17.1. The molecule has 0 saturated carbocycles. The number of imidazole rings is 1. The minimum atomic E-state index is -4.33. The van der Waals surface area contributed by atoms with Crippen LogP contribution in [0.15, 0.2) is 60.9 Å². The van der Waals surface area contributed by atoms with Gasteiger partial charge < -0.3 is 4.74 Å². The standard InChI is InChI=1S/C23H19F3N4O2/c1-32-22-6-5-19(28-29-22)16-8-10-30-20(14-27-21(30)13-16)17-4-2-3-15(11-17)12-18(31)7-9-23(24,25)26/h2-6,8,10-11,13-14H,7,9,12H2,1H3. The molecular weight excluding hydrogens is 421 g/mol. The van der Waals surface area contributed by atoms with E-state index >= 15 is 0 Å². The zero-order valence-electron chi connectivity index (χ0n) is 17.1. The van der Waals surface area contributed by atoms with Gasteiger partial charge in [0.2, 0.25) is 5.88 Å². The van der Waals surface area contributed by atoms with Gasteiger partial charge in [0, 0.05) is 36.2 Å². The van der Waals surface area contributed by atoms with Crippen molar-refractivity contribution in [1.29, 1.82) is 0 Å². The van der Waals surface area contributed by atoms with Crippen molar-refractivity contribution in [3.63, 3.8) is 0 Å². The largest absolute Gasteiger partial charge is 0.480 e. The van der Waals surface area contributed by atoms with Crippen molar-refractivity contribution < 1.29 is 22.7 Å². The van der Waals surface area contributed by atoms with E-state index in [2.05, 4.69) is 15.2 Å². The van der Waals surface area contributed by atoms with Crippen LogP contribution in [0.25, 0.3) is 28.2 Å². The number of carbonyl (C=O) groups excluding carboxylic acids is 1. The Balaban J connectivity index is 1.56. The summed E-state index contributed by atoms with van der Waals surface area (Å²) in [6, 6.07) is 14.5. The lowest BCUT2D eigenvalue weighted by molar-refractivity contribution is -0.143. The predicted molar refractivity (Wildman–Crippen MR) is 112 cm³/mol. The number of carbonyl (C=O) groups is 1. The normalized spacial score (nSPS) is 11.6. The SMILES string of the molecule is COc1ccc(-c2ccn3c(-c4cccc(CC(=O)CCC(F)(F)F)c4)cnc3c2)nn1. The second-order valence-corrected chi connectivity index (χ2v) is 7.28. The number of nitrogens with zero attached hydrogens (tertiary/aromatic N) is 4. The van der Waals surface area contributed by atoms with E-state index in [9.17, 15) is 18.0 Å². The maximum Gasteiger partial charge on any atom is 0.389 e. The smallest absolute Gasteiger partial charge is 0.389 e. The maximum absolute atomic E-state index is 12.3. The molecule has 0 aliphatic carbocycles. The molecule has 3 heterocycles. The number of ketones is 1. The molecule has 0 radical (unpaired) electrons. The summed E-state index contributed by atoms with van der Waals surface area (Å²) >= 11 is 0. The van der Waals surface area contributed by atoms with E-state index in [1.54, 1.807) is 36.5 Å². The van der Waals surface area contributed by atoms with Crippen LogP contribution in [-0.2, 0) is 11.2 Å². The number of methoxy groups -OCH3 is 1. The number of ether oxygens (including phenoxy) is 1. The van der Waals surface area contributed by atoms with E-state index in [4.69, 9.17) is 4.74 Å². The highest BCUT2D eigenvalue weighted by atomic mass is 19.4. The first-order chi connectivity index (χ1) is 15.3. The maximum atomic E-state index is 12.3. The molecule has 4 aromatic rings. The number of rotatable bonds is 7. The van der Waals surface area contributed by atoms with Crippen LogP contribution in [0.4, 0.5) is 13.2 Å². The number of fused-ring (bicyclic) bond motifs is 1. The van der Waals surface area contributed by atoms with Crippen LogP contribution < -0.4 is 4.74 Å². The van der Waals surface area contributed by atoms with Gasteiger partial charge in [-0.3, -0.25) is 9.20 Å². The third-order valence-electron chi connectivity index (χ3n) is 4.97. The molecule has 1 aromatic carbocycles. The van der Waals surface area contributed by atoms with Gasteiger partial charge in [0.05, 0.1) is 31.1 Å². The van der Waals surface area contributed by atoms with Crippen molar-refractivity contribution in [3.8, 4) is 28.4 Å².